The van der Waals surface area contributed by atoms with Gasteiger partial charge in [0.05, 0.1) is 12.0 Å². The number of methoxy groups -OCH3 is 1. The van der Waals surface area contributed by atoms with Gasteiger partial charge in [0.25, 0.3) is 0 Å². The third kappa shape index (κ3) is 2.90. The molecular formula is C12H18N2OS. The molecule has 0 unspecified atom stereocenters. The quantitative estimate of drug-likeness (QED) is 0.813. The Labute approximate surface area is 101 Å². The van der Waals surface area contributed by atoms with Crippen LogP contribution in [0.2, 0.25) is 0 Å². The number of nitrogens with one attached hydrogen (secondary N) is 1. The van der Waals surface area contributed by atoms with Gasteiger partial charge in [-0.1, -0.05) is 6.07 Å². The maximum absolute atomic E-state index is 5.38. The molecule has 1 aromatic rings. The van der Waals surface area contributed by atoms with E-state index in [2.05, 4.69) is 28.7 Å². The molecule has 0 aliphatic carbocycles. The van der Waals surface area contributed by atoms with Gasteiger partial charge in [0.2, 0.25) is 0 Å². The smallest absolute Gasteiger partial charge is 0.133 e. The van der Waals surface area contributed by atoms with Crippen molar-refractivity contribution in [3.8, 4) is 5.75 Å². The van der Waals surface area contributed by atoms with Gasteiger partial charge in [0.1, 0.15) is 5.75 Å². The number of ether oxygens (including phenoxy) is 1. The van der Waals surface area contributed by atoms with Gasteiger partial charge < -0.3 is 10.1 Å². The van der Waals surface area contributed by atoms with Crippen molar-refractivity contribution in [2.45, 2.75) is 11.8 Å². The highest BCUT2D eigenvalue weighted by atomic mass is 32.2. The molecular weight excluding hydrogens is 220 g/mol. The SMILES string of the molecule is COc1ccc(C)cc1SN1CCNCC1. The predicted molar refractivity (Wildman–Crippen MR) is 68.0 cm³/mol. The van der Waals surface area contributed by atoms with Crippen LogP contribution in [0, 0.1) is 6.92 Å². The van der Waals surface area contributed by atoms with Crippen molar-refractivity contribution >= 4 is 11.9 Å². The molecule has 1 fully saturated rings. The number of benzene rings is 1. The normalized spacial score (nSPS) is 17.4. The Kier molecular flexibility index (Phi) is 4.09. The number of hydrogen-bond donors (Lipinski definition) is 1. The summed E-state index contributed by atoms with van der Waals surface area (Å²) in [4.78, 5) is 1.21. The van der Waals surface area contributed by atoms with Crippen LogP contribution in [0.15, 0.2) is 23.1 Å². The second kappa shape index (κ2) is 5.57. The van der Waals surface area contributed by atoms with Crippen LogP contribution in [0.1, 0.15) is 5.56 Å². The molecule has 1 saturated heterocycles. The molecule has 1 aromatic carbocycles. The maximum Gasteiger partial charge on any atom is 0.133 e. The summed E-state index contributed by atoms with van der Waals surface area (Å²) in [5.74, 6) is 0.967. The summed E-state index contributed by atoms with van der Waals surface area (Å²) in [6.45, 7) is 6.42. The van der Waals surface area contributed by atoms with E-state index in [0.29, 0.717) is 0 Å². The number of nitrogens with zero attached hydrogens (tertiary/aromatic N) is 1. The molecule has 0 bridgehead atoms. The van der Waals surface area contributed by atoms with Gasteiger partial charge in [-0.25, -0.2) is 4.31 Å². The molecule has 3 nitrogen and oxygen atoms in total. The maximum atomic E-state index is 5.38. The van der Waals surface area contributed by atoms with Crippen molar-refractivity contribution in [1.82, 2.24) is 9.62 Å². The van der Waals surface area contributed by atoms with Crippen molar-refractivity contribution in [3.63, 3.8) is 0 Å². The van der Waals surface area contributed by atoms with E-state index in [1.165, 1.54) is 10.5 Å². The third-order valence-corrected chi connectivity index (χ3v) is 3.76. The van der Waals surface area contributed by atoms with Gasteiger partial charge in [0.15, 0.2) is 0 Å². The minimum atomic E-state index is 0.967. The van der Waals surface area contributed by atoms with E-state index in [9.17, 15) is 0 Å². The molecule has 2 rings (SSSR count). The van der Waals surface area contributed by atoms with E-state index in [0.717, 1.165) is 31.9 Å². The number of hydrogen-bond acceptors (Lipinski definition) is 4. The molecule has 1 aliphatic heterocycles. The fourth-order valence-electron chi connectivity index (χ4n) is 1.73. The first-order valence-electron chi connectivity index (χ1n) is 5.58. The van der Waals surface area contributed by atoms with E-state index in [4.69, 9.17) is 4.74 Å². The Bertz CT molecular complexity index is 351. The molecule has 0 aromatic heterocycles. The summed E-state index contributed by atoms with van der Waals surface area (Å²) < 4.78 is 7.76. The van der Waals surface area contributed by atoms with Gasteiger partial charge >= 0.3 is 0 Å². The van der Waals surface area contributed by atoms with E-state index >= 15 is 0 Å². The van der Waals surface area contributed by atoms with Gasteiger partial charge in [0, 0.05) is 26.2 Å². The van der Waals surface area contributed by atoms with Crippen molar-refractivity contribution in [2.75, 3.05) is 33.3 Å². The first-order chi connectivity index (χ1) is 7.79. The van der Waals surface area contributed by atoms with Gasteiger partial charge in [-0.15, -0.1) is 0 Å². The lowest BCUT2D eigenvalue weighted by molar-refractivity contribution is 0.389. The Morgan fingerprint density at radius 1 is 1.31 bits per heavy atom. The summed E-state index contributed by atoms with van der Waals surface area (Å²) in [7, 11) is 1.73. The van der Waals surface area contributed by atoms with Crippen LogP contribution >= 0.6 is 11.9 Å². The predicted octanol–water partition coefficient (Wildman–Crippen LogP) is 1.92. The molecule has 0 radical (unpaired) electrons. The fourth-order valence-corrected chi connectivity index (χ4v) is 2.85. The summed E-state index contributed by atoms with van der Waals surface area (Å²) in [6, 6.07) is 6.31. The monoisotopic (exact) mass is 238 g/mol. The summed E-state index contributed by atoms with van der Waals surface area (Å²) >= 11 is 1.80. The molecule has 0 amide bonds. The zero-order valence-electron chi connectivity index (χ0n) is 9.82. The fraction of sp³-hybridized carbons (Fsp3) is 0.500. The van der Waals surface area contributed by atoms with E-state index in [-0.39, 0.29) is 0 Å². The van der Waals surface area contributed by atoms with Crippen LogP contribution in [0.5, 0.6) is 5.75 Å². The van der Waals surface area contributed by atoms with Crippen LogP contribution in [0.3, 0.4) is 0 Å². The van der Waals surface area contributed by atoms with Crippen LogP contribution in [-0.4, -0.2) is 37.6 Å². The Hall–Kier alpha value is -0.710. The highest BCUT2D eigenvalue weighted by molar-refractivity contribution is 7.97. The van der Waals surface area contributed by atoms with Crippen LogP contribution in [0.4, 0.5) is 0 Å². The van der Waals surface area contributed by atoms with Crippen molar-refractivity contribution in [3.05, 3.63) is 23.8 Å². The molecule has 1 heterocycles. The van der Waals surface area contributed by atoms with Crippen LogP contribution in [0.25, 0.3) is 0 Å². The standard InChI is InChI=1S/C12H18N2OS/c1-10-3-4-11(15-2)12(9-10)16-14-7-5-13-6-8-14/h3-4,9,13H,5-8H2,1-2H3. The Morgan fingerprint density at radius 2 is 2.06 bits per heavy atom. The Morgan fingerprint density at radius 3 is 2.75 bits per heavy atom. The molecule has 88 valence electrons. The molecule has 1 N–H and O–H groups in total. The topological polar surface area (TPSA) is 24.5 Å². The zero-order valence-corrected chi connectivity index (χ0v) is 10.6. The molecule has 16 heavy (non-hydrogen) atoms. The average Bonchev–Trinajstić information content (AvgIpc) is 2.31. The summed E-state index contributed by atoms with van der Waals surface area (Å²) in [5.41, 5.74) is 1.28. The molecule has 0 saturated carbocycles. The lowest BCUT2D eigenvalue weighted by atomic mass is 10.2. The van der Waals surface area contributed by atoms with E-state index in [1.54, 1.807) is 19.1 Å². The zero-order chi connectivity index (χ0) is 11.4. The highest BCUT2D eigenvalue weighted by Crippen LogP contribution is 2.32. The highest BCUT2D eigenvalue weighted by Gasteiger charge is 2.13. The number of piperazine rings is 1. The first kappa shape index (κ1) is 11.8. The summed E-state index contributed by atoms with van der Waals surface area (Å²) in [5, 5.41) is 3.35. The van der Waals surface area contributed by atoms with Gasteiger partial charge in [-0.3, -0.25) is 0 Å². The van der Waals surface area contributed by atoms with E-state index < -0.39 is 0 Å². The second-order valence-corrected chi connectivity index (χ2v) is 5.06. The molecule has 0 spiro atoms. The average molecular weight is 238 g/mol. The number of aryl methyl sites for hydroxylation is 1. The molecule has 1 aliphatic rings. The first-order valence-corrected chi connectivity index (χ1v) is 6.35. The van der Waals surface area contributed by atoms with Gasteiger partial charge in [-0.2, -0.15) is 0 Å². The second-order valence-electron chi connectivity index (χ2n) is 3.92. The summed E-state index contributed by atoms with van der Waals surface area (Å²) in [6.07, 6.45) is 0. The minimum absolute atomic E-state index is 0.967. The lowest BCUT2D eigenvalue weighted by Gasteiger charge is -2.26. The third-order valence-electron chi connectivity index (χ3n) is 2.62. The Balaban J connectivity index is 2.09. The van der Waals surface area contributed by atoms with Crippen LogP contribution in [-0.2, 0) is 0 Å². The largest absolute Gasteiger partial charge is 0.496 e. The molecule has 4 heteroatoms. The van der Waals surface area contributed by atoms with Crippen LogP contribution < -0.4 is 10.1 Å². The van der Waals surface area contributed by atoms with Crippen molar-refractivity contribution in [1.29, 1.82) is 0 Å². The number of rotatable bonds is 3. The lowest BCUT2D eigenvalue weighted by Crippen LogP contribution is -2.39. The van der Waals surface area contributed by atoms with Gasteiger partial charge in [-0.05, 0) is 36.6 Å². The van der Waals surface area contributed by atoms with Crippen molar-refractivity contribution < 1.29 is 4.74 Å². The minimum Gasteiger partial charge on any atom is -0.496 e. The van der Waals surface area contributed by atoms with E-state index in [1.807, 2.05) is 6.07 Å². The molecule has 0 atom stereocenters. The van der Waals surface area contributed by atoms with Crippen molar-refractivity contribution in [2.24, 2.45) is 0 Å².